The van der Waals surface area contributed by atoms with Gasteiger partial charge in [-0.2, -0.15) is 0 Å². The first-order valence-electron chi connectivity index (χ1n) is 22.8. The van der Waals surface area contributed by atoms with Crippen LogP contribution in [-0.4, -0.2) is 30.6 Å². The molecule has 0 aromatic heterocycles. The highest BCUT2D eigenvalue weighted by molar-refractivity contribution is 5.57. The minimum atomic E-state index is -0.326. The van der Waals surface area contributed by atoms with Crippen LogP contribution in [0.5, 0.6) is 34.5 Å². The fraction of sp³-hybridized carbons (Fsp3) is 0.357. The van der Waals surface area contributed by atoms with Gasteiger partial charge in [0.15, 0.2) is 0 Å². The van der Waals surface area contributed by atoms with Gasteiger partial charge in [0, 0.05) is 23.0 Å². The lowest BCUT2D eigenvalue weighted by Crippen LogP contribution is -2.56. The van der Waals surface area contributed by atoms with Crippen LogP contribution in [-0.2, 0) is 36.5 Å². The smallest absolute Gasteiger partial charge is 0.119 e. The molecule has 6 aromatic carbocycles. The van der Waals surface area contributed by atoms with Crippen LogP contribution >= 0.6 is 0 Å². The van der Waals surface area contributed by atoms with Crippen molar-refractivity contribution in [3.05, 3.63) is 176 Å². The van der Waals surface area contributed by atoms with Gasteiger partial charge >= 0.3 is 0 Å². The molecule has 0 atom stereocenters. The van der Waals surface area contributed by atoms with E-state index in [0.29, 0.717) is 37.5 Å². The van der Waals surface area contributed by atoms with Crippen molar-refractivity contribution in [2.45, 2.75) is 115 Å². The number of aryl methyl sites for hydroxylation is 4. The lowest BCUT2D eigenvalue weighted by atomic mass is 9.41. The van der Waals surface area contributed by atoms with Gasteiger partial charge < -0.3 is 30.6 Å². The van der Waals surface area contributed by atoms with Crippen LogP contribution in [0.2, 0.25) is 0 Å². The zero-order valence-corrected chi connectivity index (χ0v) is 36.5. The predicted octanol–water partition coefficient (Wildman–Crippen LogP) is 12.3. The zero-order chi connectivity index (χ0) is 43.5. The first-order chi connectivity index (χ1) is 29.9. The van der Waals surface area contributed by atoms with E-state index in [1.165, 1.54) is 17.5 Å². The molecular formula is C56H60O6. The molecule has 6 aromatic rings. The van der Waals surface area contributed by atoms with Crippen LogP contribution in [0, 0.1) is 11.8 Å². The molecule has 0 saturated heterocycles. The summed E-state index contributed by atoms with van der Waals surface area (Å²) in [7, 11) is 0. The predicted molar refractivity (Wildman–Crippen MR) is 246 cm³/mol. The number of phenolic OH excluding ortho intramolecular Hbond substituents is 6. The largest absolute Gasteiger partial charge is 0.508 e. The molecule has 6 nitrogen and oxygen atoms in total. The van der Waals surface area contributed by atoms with E-state index in [4.69, 9.17) is 0 Å². The second kappa shape index (κ2) is 16.1. The maximum atomic E-state index is 11.8. The molecule has 4 aliphatic carbocycles. The maximum absolute atomic E-state index is 11.8. The summed E-state index contributed by atoms with van der Waals surface area (Å²) in [5.41, 5.74) is 11.2. The number of hydrogen-bond donors (Lipinski definition) is 6. The van der Waals surface area contributed by atoms with E-state index in [1.54, 1.807) is 24.3 Å². The minimum Gasteiger partial charge on any atom is -0.508 e. The zero-order valence-electron chi connectivity index (χ0n) is 36.5. The van der Waals surface area contributed by atoms with E-state index in [-0.39, 0.29) is 57.2 Å². The van der Waals surface area contributed by atoms with Crippen molar-refractivity contribution in [1.82, 2.24) is 0 Å². The second-order valence-electron chi connectivity index (χ2n) is 18.9. The summed E-state index contributed by atoms with van der Waals surface area (Å²) >= 11 is 0. The molecule has 0 aliphatic heterocycles. The highest BCUT2D eigenvalue weighted by Crippen LogP contribution is 2.67. The monoisotopic (exact) mass is 828 g/mol. The van der Waals surface area contributed by atoms with Crippen LogP contribution < -0.4 is 0 Å². The van der Waals surface area contributed by atoms with E-state index in [0.717, 1.165) is 87.7 Å². The second-order valence-corrected chi connectivity index (χ2v) is 18.9. The Morgan fingerprint density at radius 1 is 0.403 bits per heavy atom. The third-order valence-electron chi connectivity index (χ3n) is 15.2. The fourth-order valence-corrected chi connectivity index (χ4v) is 12.5. The van der Waals surface area contributed by atoms with Crippen molar-refractivity contribution in [2.75, 3.05) is 0 Å². The SMILES string of the molecule is CCc1cc(C(c2ccc(O)c(CC)c2)c2cc(C34CC5CC(C3)CC(c3ccc(O)c(C(c6ccc(O)c(CC)c6)c6ccc(O)c(CC)c6)c3)(C5)C4)ccc2O)ccc1O. The van der Waals surface area contributed by atoms with E-state index in [2.05, 4.69) is 48.5 Å². The first-order valence-corrected chi connectivity index (χ1v) is 22.8. The molecule has 0 radical (unpaired) electrons. The van der Waals surface area contributed by atoms with Gasteiger partial charge in [-0.3, -0.25) is 0 Å². The Hall–Kier alpha value is -5.88. The van der Waals surface area contributed by atoms with Gasteiger partial charge in [-0.05, 0) is 179 Å². The van der Waals surface area contributed by atoms with Crippen LogP contribution in [0.1, 0.15) is 145 Å². The molecule has 6 N–H and O–H groups in total. The number of phenols is 6. The Bertz CT molecular complexity index is 2360. The van der Waals surface area contributed by atoms with Gasteiger partial charge in [0.05, 0.1) is 0 Å². The quantitative estimate of drug-likeness (QED) is 0.0683. The lowest BCUT2D eigenvalue weighted by molar-refractivity contribution is -0.0282. The third kappa shape index (κ3) is 7.15. The summed E-state index contributed by atoms with van der Waals surface area (Å²) in [6.07, 6.45) is 9.23. The average molecular weight is 829 g/mol. The van der Waals surface area contributed by atoms with Crippen LogP contribution in [0.3, 0.4) is 0 Å². The maximum Gasteiger partial charge on any atom is 0.119 e. The van der Waals surface area contributed by atoms with Crippen LogP contribution in [0.4, 0.5) is 0 Å². The van der Waals surface area contributed by atoms with Gasteiger partial charge in [-0.25, -0.2) is 0 Å². The molecule has 4 bridgehead atoms. The average Bonchev–Trinajstić information content (AvgIpc) is 3.26. The highest BCUT2D eigenvalue weighted by Gasteiger charge is 2.59. The molecule has 0 heterocycles. The van der Waals surface area contributed by atoms with E-state index in [9.17, 15) is 30.6 Å². The molecule has 10 rings (SSSR count). The molecule has 0 unspecified atom stereocenters. The van der Waals surface area contributed by atoms with Gasteiger partial charge in [-0.15, -0.1) is 0 Å². The Morgan fingerprint density at radius 2 is 0.694 bits per heavy atom. The number of benzene rings is 6. The Morgan fingerprint density at radius 3 is 0.984 bits per heavy atom. The summed E-state index contributed by atoms with van der Waals surface area (Å²) in [6.45, 7) is 8.14. The Kier molecular flexibility index (Phi) is 10.8. The van der Waals surface area contributed by atoms with Crippen molar-refractivity contribution in [3.8, 4) is 34.5 Å². The topological polar surface area (TPSA) is 121 Å². The van der Waals surface area contributed by atoms with E-state index in [1.807, 2.05) is 64.1 Å². The summed E-state index contributed by atoms with van der Waals surface area (Å²) in [5, 5.41) is 66.5. The number of aromatic hydroxyl groups is 6. The molecule has 0 spiro atoms. The fourth-order valence-electron chi connectivity index (χ4n) is 12.5. The van der Waals surface area contributed by atoms with Crippen molar-refractivity contribution >= 4 is 0 Å². The Balaban J connectivity index is 1.16. The van der Waals surface area contributed by atoms with Crippen molar-refractivity contribution in [2.24, 2.45) is 11.8 Å². The summed E-state index contributed by atoms with van der Waals surface area (Å²) in [6, 6.07) is 35.7. The lowest BCUT2D eigenvalue weighted by Gasteiger charge is -2.63. The third-order valence-corrected chi connectivity index (χ3v) is 15.2. The molecule has 0 amide bonds. The summed E-state index contributed by atoms with van der Waals surface area (Å²) in [4.78, 5) is 0. The van der Waals surface area contributed by atoms with Gasteiger partial charge in [-0.1, -0.05) is 100 Å². The van der Waals surface area contributed by atoms with Crippen LogP contribution in [0.25, 0.3) is 0 Å². The van der Waals surface area contributed by atoms with Gasteiger partial charge in [0.1, 0.15) is 34.5 Å². The van der Waals surface area contributed by atoms with Crippen LogP contribution in [0.15, 0.2) is 109 Å². The molecule has 320 valence electrons. The summed E-state index contributed by atoms with van der Waals surface area (Å²) in [5.74, 6) is 1.93. The van der Waals surface area contributed by atoms with Gasteiger partial charge in [0.25, 0.3) is 0 Å². The van der Waals surface area contributed by atoms with Gasteiger partial charge in [0.2, 0.25) is 0 Å². The van der Waals surface area contributed by atoms with Crippen molar-refractivity contribution in [1.29, 1.82) is 0 Å². The first kappa shape index (κ1) is 41.5. The molecule has 4 aliphatic rings. The van der Waals surface area contributed by atoms with Crippen molar-refractivity contribution < 1.29 is 30.6 Å². The minimum absolute atomic E-state index is 0.110. The standard InChI is InChI=1S/C56H60O6/c1-5-35-22-39(9-15-47(35)57)53(40-10-16-48(58)36(6-2)23-40)45-26-43(13-19-51(45)61)55-28-33-21-34(29-55)31-56(30-33,32-55)44-14-20-52(62)46(27-44)54(41-11-17-49(59)37(7-3)24-41)42-12-18-50(60)38(8-4)25-42/h9-20,22-27,33-34,53-54,57-62H,5-8,21,28-32H2,1-4H3. The highest BCUT2D eigenvalue weighted by atomic mass is 16.3. The molecule has 6 heteroatoms. The normalized spacial score (nSPS) is 21.6. The van der Waals surface area contributed by atoms with Crippen molar-refractivity contribution in [3.63, 3.8) is 0 Å². The summed E-state index contributed by atoms with van der Waals surface area (Å²) < 4.78 is 0. The number of rotatable bonds is 12. The van der Waals surface area contributed by atoms with E-state index < -0.39 is 0 Å². The molecule has 4 saturated carbocycles. The van der Waals surface area contributed by atoms with E-state index >= 15 is 0 Å². The molecule has 4 fully saturated rings. The molecular weight excluding hydrogens is 769 g/mol. The molecule has 62 heavy (non-hydrogen) atoms. The number of hydrogen-bond acceptors (Lipinski definition) is 6. The Labute approximate surface area is 366 Å².